The van der Waals surface area contributed by atoms with E-state index in [0.717, 1.165) is 10.5 Å². The second-order valence-electron chi connectivity index (χ2n) is 8.45. The lowest BCUT2D eigenvalue weighted by atomic mass is 9.98. The van der Waals surface area contributed by atoms with Gasteiger partial charge in [0.25, 0.3) is 0 Å². The number of nitrogens with one attached hydrogen (secondary N) is 1. The zero-order valence-electron chi connectivity index (χ0n) is 19.2. The molecular weight excluding hydrogens is 481 g/mol. The molecule has 9 heteroatoms. The van der Waals surface area contributed by atoms with Crippen LogP contribution in [0.3, 0.4) is 0 Å². The summed E-state index contributed by atoms with van der Waals surface area (Å²) in [6.07, 6.45) is 0.108. The molecule has 1 N–H and O–H groups in total. The van der Waals surface area contributed by atoms with Gasteiger partial charge in [-0.1, -0.05) is 48.1 Å². The molecule has 0 radical (unpaired) electrons. The Hall–Kier alpha value is -2.05. The van der Waals surface area contributed by atoms with Crippen LogP contribution in [0.15, 0.2) is 65.4 Å². The number of benzene rings is 2. The minimum atomic E-state index is -3.59. The second kappa shape index (κ2) is 11.9. The predicted octanol–water partition coefficient (Wildman–Crippen LogP) is 6.60. The Labute approximate surface area is 204 Å². The topological polar surface area (TPSA) is 81.7 Å². The summed E-state index contributed by atoms with van der Waals surface area (Å²) in [5.41, 5.74) is -0.479. The maximum absolute atomic E-state index is 13.6. The molecule has 0 aliphatic heterocycles. The molecule has 2 unspecified atom stereocenters. The van der Waals surface area contributed by atoms with Gasteiger partial charge in [-0.05, 0) is 68.5 Å². The molecule has 0 bridgehead atoms. The maximum atomic E-state index is 13.6. The lowest BCUT2D eigenvalue weighted by Crippen LogP contribution is -2.31. The van der Waals surface area contributed by atoms with Crippen LogP contribution in [0.2, 0.25) is 5.02 Å². The molecule has 0 aliphatic carbocycles. The van der Waals surface area contributed by atoms with E-state index in [0.29, 0.717) is 10.7 Å². The van der Waals surface area contributed by atoms with Gasteiger partial charge >= 0.3 is 5.97 Å². The lowest BCUT2D eigenvalue weighted by Gasteiger charge is -2.25. The van der Waals surface area contributed by atoms with E-state index in [1.165, 1.54) is 18.4 Å². The summed E-state index contributed by atoms with van der Waals surface area (Å²) < 4.78 is 24.2. The van der Waals surface area contributed by atoms with Crippen molar-refractivity contribution in [3.05, 3.63) is 71.1 Å². The first-order chi connectivity index (χ1) is 15.4. The second-order valence-corrected chi connectivity index (χ2v) is 12.6. The number of para-hydroxylation sites is 1. The Kier molecular flexibility index (Phi) is 9.80. The van der Waals surface area contributed by atoms with Gasteiger partial charge in [0.2, 0.25) is 13.3 Å². The normalized spacial score (nSPS) is 14.1. The van der Waals surface area contributed by atoms with E-state index in [1.807, 2.05) is 12.1 Å². The molecule has 33 heavy (non-hydrogen) atoms. The third kappa shape index (κ3) is 8.35. The molecule has 0 saturated heterocycles. The van der Waals surface area contributed by atoms with Gasteiger partial charge < -0.3 is 10.1 Å². The van der Waals surface area contributed by atoms with E-state index < -0.39 is 37.1 Å². The van der Waals surface area contributed by atoms with Crippen molar-refractivity contribution in [1.82, 2.24) is 0 Å². The van der Waals surface area contributed by atoms with Crippen LogP contribution in [0.1, 0.15) is 26.3 Å². The number of esters is 1. The van der Waals surface area contributed by atoms with Crippen molar-refractivity contribution in [2.45, 2.75) is 37.7 Å². The van der Waals surface area contributed by atoms with E-state index in [9.17, 15) is 14.2 Å². The standard InChI is InChI=1S/C24H29ClNO5PS/c1-6-33-21-13-12-18(25)14-17(21)15-20(22(27)26-19-10-8-7-9-11-19)32(5,29)31-16-30-23(28)24(2,3)4/h6-14,20H,1,15-16H2,2-5H3,(H,26,27). The first-order valence-electron chi connectivity index (χ1n) is 10.2. The molecule has 0 fully saturated rings. The maximum Gasteiger partial charge on any atom is 0.313 e. The minimum absolute atomic E-state index is 0.108. The van der Waals surface area contributed by atoms with Crippen molar-refractivity contribution in [2.24, 2.45) is 5.41 Å². The van der Waals surface area contributed by atoms with Crippen molar-refractivity contribution < 1.29 is 23.4 Å². The third-order valence-corrected chi connectivity index (χ3v) is 7.89. The van der Waals surface area contributed by atoms with E-state index in [2.05, 4.69) is 11.9 Å². The number of ether oxygens (including phenoxy) is 1. The van der Waals surface area contributed by atoms with Gasteiger partial charge in [0.05, 0.1) is 5.41 Å². The fourth-order valence-corrected chi connectivity index (χ4v) is 5.11. The van der Waals surface area contributed by atoms with Crippen molar-refractivity contribution in [3.8, 4) is 0 Å². The van der Waals surface area contributed by atoms with Crippen LogP contribution in [-0.4, -0.2) is 31.0 Å². The first-order valence-corrected chi connectivity index (χ1v) is 13.6. The van der Waals surface area contributed by atoms with Crippen LogP contribution in [0, 0.1) is 5.41 Å². The van der Waals surface area contributed by atoms with Gasteiger partial charge in [0.15, 0.2) is 6.79 Å². The Bertz CT molecular complexity index is 1040. The molecule has 2 aromatic rings. The molecule has 2 atom stereocenters. The number of anilines is 1. The smallest absolute Gasteiger partial charge is 0.313 e. The van der Waals surface area contributed by atoms with Crippen LogP contribution in [-0.2, 0) is 29.8 Å². The average molecular weight is 510 g/mol. The molecule has 0 aromatic heterocycles. The van der Waals surface area contributed by atoms with Gasteiger partial charge in [-0.2, -0.15) is 0 Å². The summed E-state index contributed by atoms with van der Waals surface area (Å²) in [6, 6.07) is 14.2. The SMILES string of the molecule is C=CSc1ccc(Cl)cc1CC(C(=O)Nc1ccccc1)P(C)(=O)OCOC(=O)C(C)(C)C. The predicted molar refractivity (Wildman–Crippen MR) is 135 cm³/mol. The Morgan fingerprint density at radius 2 is 1.88 bits per heavy atom. The monoisotopic (exact) mass is 509 g/mol. The van der Waals surface area contributed by atoms with E-state index in [4.69, 9.17) is 20.9 Å². The molecule has 0 spiro atoms. The molecule has 0 heterocycles. The Morgan fingerprint density at radius 3 is 2.48 bits per heavy atom. The number of hydrogen-bond acceptors (Lipinski definition) is 6. The Morgan fingerprint density at radius 1 is 1.21 bits per heavy atom. The molecule has 2 rings (SSSR count). The summed E-state index contributed by atoms with van der Waals surface area (Å²) in [4.78, 5) is 26.1. The molecular formula is C24H29ClNO5PS. The quantitative estimate of drug-likeness (QED) is 0.168. The molecule has 2 aromatic carbocycles. The Balaban J connectivity index is 2.31. The zero-order valence-corrected chi connectivity index (χ0v) is 21.6. The average Bonchev–Trinajstić information content (AvgIpc) is 2.73. The lowest BCUT2D eigenvalue weighted by molar-refractivity contribution is -0.159. The van der Waals surface area contributed by atoms with Crippen molar-refractivity contribution in [2.75, 3.05) is 18.8 Å². The number of rotatable bonds is 10. The highest BCUT2D eigenvalue weighted by molar-refractivity contribution is 8.02. The van der Waals surface area contributed by atoms with Gasteiger partial charge in [-0.15, -0.1) is 0 Å². The van der Waals surface area contributed by atoms with Gasteiger partial charge in [0, 0.05) is 22.3 Å². The summed E-state index contributed by atoms with van der Waals surface area (Å²) in [5, 5.41) is 4.96. The van der Waals surface area contributed by atoms with Crippen LogP contribution >= 0.6 is 30.7 Å². The number of hydrogen-bond donors (Lipinski definition) is 1. The van der Waals surface area contributed by atoms with E-state index in [-0.39, 0.29) is 6.42 Å². The van der Waals surface area contributed by atoms with Crippen LogP contribution in [0.4, 0.5) is 5.69 Å². The number of carbonyl (C=O) groups excluding carboxylic acids is 2. The number of amides is 1. The van der Waals surface area contributed by atoms with Crippen LogP contribution in [0.25, 0.3) is 0 Å². The fraction of sp³-hybridized carbons (Fsp3) is 0.333. The van der Waals surface area contributed by atoms with Gasteiger partial charge in [-0.3, -0.25) is 18.7 Å². The number of halogens is 1. The molecule has 6 nitrogen and oxygen atoms in total. The van der Waals surface area contributed by atoms with Crippen molar-refractivity contribution in [1.29, 1.82) is 0 Å². The highest BCUT2D eigenvalue weighted by Crippen LogP contribution is 2.50. The largest absolute Gasteiger partial charge is 0.438 e. The molecule has 0 aliphatic rings. The fourth-order valence-electron chi connectivity index (χ4n) is 2.83. The molecule has 1 amide bonds. The summed E-state index contributed by atoms with van der Waals surface area (Å²) in [5.74, 6) is -0.962. The summed E-state index contributed by atoms with van der Waals surface area (Å²) in [7, 11) is -3.59. The van der Waals surface area contributed by atoms with E-state index >= 15 is 0 Å². The summed E-state index contributed by atoms with van der Waals surface area (Å²) >= 11 is 7.57. The van der Waals surface area contributed by atoms with Crippen LogP contribution in [0.5, 0.6) is 0 Å². The number of thioether (sulfide) groups is 1. The highest BCUT2D eigenvalue weighted by Gasteiger charge is 2.37. The van der Waals surface area contributed by atoms with Gasteiger partial charge in [0.1, 0.15) is 5.66 Å². The van der Waals surface area contributed by atoms with E-state index in [1.54, 1.807) is 62.6 Å². The zero-order chi connectivity index (χ0) is 24.6. The third-order valence-electron chi connectivity index (χ3n) is 4.67. The molecule has 0 saturated carbocycles. The minimum Gasteiger partial charge on any atom is -0.438 e. The van der Waals surface area contributed by atoms with Crippen molar-refractivity contribution >= 4 is 48.3 Å². The number of carbonyl (C=O) groups is 2. The highest BCUT2D eigenvalue weighted by atomic mass is 35.5. The van der Waals surface area contributed by atoms with Crippen LogP contribution < -0.4 is 5.32 Å². The van der Waals surface area contributed by atoms with Gasteiger partial charge in [-0.25, -0.2) is 0 Å². The van der Waals surface area contributed by atoms with Crippen molar-refractivity contribution in [3.63, 3.8) is 0 Å². The summed E-state index contributed by atoms with van der Waals surface area (Å²) in [6.45, 7) is 9.71. The molecule has 178 valence electrons. The first kappa shape index (κ1) is 27.2.